The highest BCUT2D eigenvalue weighted by Gasteiger charge is 2.29. The fraction of sp³-hybridized carbons (Fsp3) is 0.800. The van der Waals surface area contributed by atoms with Crippen LogP contribution in [0.15, 0.2) is 0 Å². The lowest BCUT2D eigenvalue weighted by Crippen LogP contribution is -2.47. The molecule has 8 heteroatoms. The summed E-state index contributed by atoms with van der Waals surface area (Å²) in [4.78, 5) is 23.5. The van der Waals surface area contributed by atoms with Gasteiger partial charge in [0.05, 0.1) is 12.3 Å². The van der Waals surface area contributed by atoms with Crippen molar-refractivity contribution in [2.45, 2.75) is 25.4 Å². The number of aliphatic carboxylic acids is 1. The molecule has 1 heterocycles. The SMILES string of the molecule is O=C(O)C1CCCN(C(=O)NCCC(F)(F)F)C1. The molecule has 0 aromatic heterocycles. The minimum absolute atomic E-state index is 0.0488. The highest BCUT2D eigenvalue weighted by Crippen LogP contribution is 2.19. The van der Waals surface area contributed by atoms with Crippen molar-refractivity contribution in [2.75, 3.05) is 19.6 Å². The molecule has 0 aromatic rings. The van der Waals surface area contributed by atoms with E-state index in [0.717, 1.165) is 0 Å². The van der Waals surface area contributed by atoms with Gasteiger partial charge in [-0.15, -0.1) is 0 Å². The van der Waals surface area contributed by atoms with Gasteiger partial charge in [-0.3, -0.25) is 4.79 Å². The summed E-state index contributed by atoms with van der Waals surface area (Å²) in [6, 6.07) is -0.634. The summed E-state index contributed by atoms with van der Waals surface area (Å²) in [7, 11) is 0. The number of carbonyl (C=O) groups is 2. The molecule has 2 N–H and O–H groups in total. The van der Waals surface area contributed by atoms with Crippen molar-refractivity contribution in [3.8, 4) is 0 Å². The van der Waals surface area contributed by atoms with Crippen molar-refractivity contribution >= 4 is 12.0 Å². The van der Waals surface area contributed by atoms with Gasteiger partial charge in [0.2, 0.25) is 0 Å². The van der Waals surface area contributed by atoms with E-state index in [9.17, 15) is 22.8 Å². The van der Waals surface area contributed by atoms with Gasteiger partial charge in [0, 0.05) is 19.6 Å². The predicted octanol–water partition coefficient (Wildman–Crippen LogP) is 1.45. The molecule has 0 aliphatic carbocycles. The Hall–Kier alpha value is -1.47. The van der Waals surface area contributed by atoms with Crippen LogP contribution in [-0.2, 0) is 4.79 Å². The summed E-state index contributed by atoms with van der Waals surface area (Å²) >= 11 is 0. The molecule has 2 amide bonds. The number of halogens is 3. The number of carboxylic acids is 1. The number of hydrogen-bond acceptors (Lipinski definition) is 2. The molecule has 0 radical (unpaired) electrons. The Balaban J connectivity index is 2.35. The van der Waals surface area contributed by atoms with E-state index in [1.807, 2.05) is 0 Å². The van der Waals surface area contributed by atoms with Crippen LogP contribution >= 0.6 is 0 Å². The monoisotopic (exact) mass is 268 g/mol. The Labute approximate surface area is 102 Å². The number of urea groups is 1. The zero-order valence-electron chi connectivity index (χ0n) is 9.66. The van der Waals surface area contributed by atoms with Gasteiger partial charge in [0.1, 0.15) is 0 Å². The molecule has 0 bridgehead atoms. The van der Waals surface area contributed by atoms with Crippen molar-refractivity contribution in [1.29, 1.82) is 0 Å². The van der Waals surface area contributed by atoms with E-state index in [1.54, 1.807) is 0 Å². The first kappa shape index (κ1) is 14.6. The van der Waals surface area contributed by atoms with E-state index in [1.165, 1.54) is 4.90 Å². The van der Waals surface area contributed by atoms with Gasteiger partial charge in [-0.25, -0.2) is 4.79 Å². The van der Waals surface area contributed by atoms with Crippen molar-refractivity contribution in [2.24, 2.45) is 5.92 Å². The first-order valence-corrected chi connectivity index (χ1v) is 5.62. The molecule has 1 fully saturated rings. The second kappa shape index (κ2) is 5.92. The molecule has 104 valence electrons. The van der Waals surface area contributed by atoms with E-state index in [2.05, 4.69) is 5.32 Å². The molecule has 1 rings (SSSR count). The van der Waals surface area contributed by atoms with Crippen LogP contribution in [0.2, 0.25) is 0 Å². The second-order valence-corrected chi connectivity index (χ2v) is 4.22. The maximum Gasteiger partial charge on any atom is 0.390 e. The first-order valence-electron chi connectivity index (χ1n) is 5.62. The van der Waals surface area contributed by atoms with E-state index in [0.29, 0.717) is 19.4 Å². The summed E-state index contributed by atoms with van der Waals surface area (Å²) in [5, 5.41) is 11.0. The van der Waals surface area contributed by atoms with Gasteiger partial charge < -0.3 is 15.3 Å². The van der Waals surface area contributed by atoms with Crippen LogP contribution in [0.25, 0.3) is 0 Å². The molecule has 1 aliphatic rings. The lowest BCUT2D eigenvalue weighted by Gasteiger charge is -2.30. The normalized spacial score (nSPS) is 20.6. The second-order valence-electron chi connectivity index (χ2n) is 4.22. The Morgan fingerprint density at radius 2 is 2.06 bits per heavy atom. The van der Waals surface area contributed by atoms with Crippen LogP contribution in [0.3, 0.4) is 0 Å². The smallest absolute Gasteiger partial charge is 0.390 e. The first-order chi connectivity index (χ1) is 8.29. The number of amides is 2. The molecular weight excluding hydrogens is 253 g/mol. The molecule has 0 saturated carbocycles. The Morgan fingerprint density at radius 1 is 1.39 bits per heavy atom. The summed E-state index contributed by atoms with van der Waals surface area (Å²) in [5.74, 6) is -1.62. The topological polar surface area (TPSA) is 69.6 Å². The van der Waals surface area contributed by atoms with Crippen LogP contribution < -0.4 is 5.32 Å². The van der Waals surface area contributed by atoms with Gasteiger partial charge in [0.25, 0.3) is 0 Å². The van der Waals surface area contributed by atoms with Crippen LogP contribution in [0.5, 0.6) is 0 Å². The van der Waals surface area contributed by atoms with Crippen molar-refractivity contribution in [3.05, 3.63) is 0 Å². The molecule has 1 saturated heterocycles. The van der Waals surface area contributed by atoms with Crippen molar-refractivity contribution in [3.63, 3.8) is 0 Å². The third-order valence-electron chi connectivity index (χ3n) is 2.74. The highest BCUT2D eigenvalue weighted by atomic mass is 19.4. The zero-order valence-corrected chi connectivity index (χ0v) is 9.66. The minimum atomic E-state index is -4.31. The summed E-state index contributed by atoms with van der Waals surface area (Å²) in [6.07, 6.45) is -4.36. The summed E-state index contributed by atoms with van der Waals surface area (Å²) in [6.45, 7) is -0.0641. The number of nitrogens with zero attached hydrogens (tertiary/aromatic N) is 1. The zero-order chi connectivity index (χ0) is 13.8. The fourth-order valence-electron chi connectivity index (χ4n) is 1.79. The maximum atomic E-state index is 11.9. The van der Waals surface area contributed by atoms with Gasteiger partial charge in [-0.05, 0) is 12.8 Å². The summed E-state index contributed by atoms with van der Waals surface area (Å²) in [5.41, 5.74) is 0. The number of rotatable bonds is 3. The van der Waals surface area contributed by atoms with Crippen LogP contribution in [0.1, 0.15) is 19.3 Å². The Kier molecular flexibility index (Phi) is 4.80. The fourth-order valence-corrected chi connectivity index (χ4v) is 1.79. The lowest BCUT2D eigenvalue weighted by atomic mass is 9.99. The molecule has 1 atom stereocenters. The lowest BCUT2D eigenvalue weighted by molar-refractivity contribution is -0.143. The summed E-state index contributed by atoms with van der Waals surface area (Å²) < 4.78 is 35.6. The molecule has 1 unspecified atom stereocenters. The maximum absolute atomic E-state index is 11.9. The number of nitrogens with one attached hydrogen (secondary N) is 1. The number of carboxylic acid groups (broad SMARTS) is 1. The van der Waals surface area contributed by atoms with Gasteiger partial charge in [-0.2, -0.15) is 13.2 Å². The Bertz CT molecular complexity index is 320. The van der Waals surface area contributed by atoms with Crippen LogP contribution in [0.4, 0.5) is 18.0 Å². The van der Waals surface area contributed by atoms with Gasteiger partial charge >= 0.3 is 18.2 Å². The van der Waals surface area contributed by atoms with Crippen LogP contribution in [-0.4, -0.2) is 47.8 Å². The number of carbonyl (C=O) groups excluding carboxylic acids is 1. The van der Waals surface area contributed by atoms with Crippen LogP contribution in [0, 0.1) is 5.92 Å². The molecular formula is C10H15F3N2O3. The average Bonchev–Trinajstić information content (AvgIpc) is 2.27. The third-order valence-corrected chi connectivity index (χ3v) is 2.74. The minimum Gasteiger partial charge on any atom is -0.481 e. The number of hydrogen-bond donors (Lipinski definition) is 2. The van der Waals surface area contributed by atoms with E-state index >= 15 is 0 Å². The predicted molar refractivity (Wildman–Crippen MR) is 56.0 cm³/mol. The average molecular weight is 268 g/mol. The van der Waals surface area contributed by atoms with E-state index in [4.69, 9.17) is 5.11 Å². The van der Waals surface area contributed by atoms with Gasteiger partial charge in [0.15, 0.2) is 0 Å². The van der Waals surface area contributed by atoms with E-state index in [-0.39, 0.29) is 6.54 Å². The van der Waals surface area contributed by atoms with Crippen molar-refractivity contribution in [1.82, 2.24) is 10.2 Å². The highest BCUT2D eigenvalue weighted by molar-refractivity contribution is 5.76. The third kappa shape index (κ3) is 4.80. The number of alkyl halides is 3. The van der Waals surface area contributed by atoms with Crippen molar-refractivity contribution < 1.29 is 27.9 Å². The molecule has 18 heavy (non-hydrogen) atoms. The standard InChI is InChI=1S/C10H15F3N2O3/c11-10(12,13)3-4-14-9(18)15-5-1-2-7(6-15)8(16)17/h7H,1-6H2,(H,14,18)(H,16,17). The molecule has 0 spiro atoms. The quantitative estimate of drug-likeness (QED) is 0.813. The molecule has 5 nitrogen and oxygen atoms in total. The Morgan fingerprint density at radius 3 is 2.61 bits per heavy atom. The van der Waals surface area contributed by atoms with Gasteiger partial charge in [-0.1, -0.05) is 0 Å². The number of likely N-dealkylation sites (tertiary alicyclic amines) is 1. The number of piperidine rings is 1. The largest absolute Gasteiger partial charge is 0.481 e. The van der Waals surface area contributed by atoms with E-state index < -0.39 is 37.1 Å². The molecule has 0 aromatic carbocycles. The molecule has 1 aliphatic heterocycles.